The molecule has 3 heterocycles. The van der Waals surface area contributed by atoms with Crippen LogP contribution in [0, 0.1) is 0 Å². The van der Waals surface area contributed by atoms with Crippen molar-refractivity contribution in [2.45, 2.75) is 47.6 Å². The fourth-order valence-electron chi connectivity index (χ4n) is 4.75. The van der Waals surface area contributed by atoms with Crippen molar-refractivity contribution in [1.29, 1.82) is 0 Å². The average Bonchev–Trinajstić information content (AvgIpc) is 2.97. The summed E-state index contributed by atoms with van der Waals surface area (Å²) in [6.45, 7) is 2.72. The highest BCUT2D eigenvalue weighted by atomic mass is 32.2. The summed E-state index contributed by atoms with van der Waals surface area (Å²) in [7, 11) is 0. The minimum atomic E-state index is 0.319. The molecule has 0 aliphatic carbocycles. The van der Waals surface area contributed by atoms with Gasteiger partial charge in [-0.3, -0.25) is 4.79 Å². The Morgan fingerprint density at radius 1 is 0.963 bits per heavy atom. The second-order valence-electron chi connectivity index (χ2n) is 7.62. The molecule has 2 bridgehead atoms. The van der Waals surface area contributed by atoms with Crippen LogP contribution in [-0.2, 0) is 4.79 Å². The largest absolute Gasteiger partial charge is 0.339 e. The number of hydrogen-bond donors (Lipinski definition) is 1. The van der Waals surface area contributed by atoms with Gasteiger partial charge in [-0.25, -0.2) is 0 Å². The summed E-state index contributed by atoms with van der Waals surface area (Å²) in [5.74, 6) is 0.319. The van der Waals surface area contributed by atoms with Gasteiger partial charge in [0.05, 0.1) is 11.4 Å². The molecule has 5 heteroatoms. The highest BCUT2D eigenvalue weighted by Gasteiger charge is 2.37. The van der Waals surface area contributed by atoms with Crippen LogP contribution in [0.15, 0.2) is 58.3 Å². The fraction of sp³-hybridized carbons (Fsp3) is 0.409. The molecule has 0 aromatic heterocycles. The molecule has 1 amide bonds. The first-order chi connectivity index (χ1) is 13.3. The van der Waals surface area contributed by atoms with E-state index >= 15 is 0 Å². The third-order valence-electron chi connectivity index (χ3n) is 6.02. The van der Waals surface area contributed by atoms with Crippen LogP contribution in [0.4, 0.5) is 11.4 Å². The lowest BCUT2D eigenvalue weighted by Crippen LogP contribution is -2.43. The van der Waals surface area contributed by atoms with Gasteiger partial charge in [0.2, 0.25) is 5.91 Å². The van der Waals surface area contributed by atoms with E-state index in [1.165, 1.54) is 27.6 Å². The van der Waals surface area contributed by atoms with E-state index in [2.05, 4.69) is 63.6 Å². The number of para-hydroxylation sites is 2. The first kappa shape index (κ1) is 17.1. The van der Waals surface area contributed by atoms with Crippen molar-refractivity contribution in [2.75, 3.05) is 24.5 Å². The topological polar surface area (TPSA) is 35.6 Å². The molecule has 2 fully saturated rings. The molecule has 2 atom stereocenters. The van der Waals surface area contributed by atoms with Gasteiger partial charge >= 0.3 is 0 Å². The van der Waals surface area contributed by atoms with Crippen molar-refractivity contribution >= 4 is 29.0 Å². The standard InChI is InChI=1S/C22H25N3OS/c26-22(25-16-9-10-17(25)15-23-13-11-16)12-14-24-18-5-1-3-7-20(18)27-21-8-4-2-6-19(21)24/h1-8,16-17,23H,9-15H2. The highest BCUT2D eigenvalue weighted by molar-refractivity contribution is 7.99. The van der Waals surface area contributed by atoms with Gasteiger partial charge in [0.1, 0.15) is 0 Å². The van der Waals surface area contributed by atoms with Crippen LogP contribution in [0.1, 0.15) is 25.7 Å². The zero-order valence-electron chi connectivity index (χ0n) is 15.4. The quantitative estimate of drug-likeness (QED) is 0.873. The lowest BCUT2D eigenvalue weighted by Gasteiger charge is -2.34. The normalized spacial score (nSPS) is 23.6. The number of anilines is 2. The van der Waals surface area contributed by atoms with Crippen LogP contribution in [0.25, 0.3) is 0 Å². The van der Waals surface area contributed by atoms with Gasteiger partial charge in [0.15, 0.2) is 0 Å². The maximum atomic E-state index is 13.1. The number of rotatable bonds is 3. The van der Waals surface area contributed by atoms with Crippen molar-refractivity contribution in [3.05, 3.63) is 48.5 Å². The molecule has 0 radical (unpaired) electrons. The second-order valence-corrected chi connectivity index (χ2v) is 8.70. The number of hydrogen-bond acceptors (Lipinski definition) is 4. The van der Waals surface area contributed by atoms with Crippen LogP contribution in [0.2, 0.25) is 0 Å². The van der Waals surface area contributed by atoms with E-state index in [9.17, 15) is 4.79 Å². The summed E-state index contributed by atoms with van der Waals surface area (Å²) in [5, 5.41) is 3.49. The zero-order valence-corrected chi connectivity index (χ0v) is 16.3. The Labute approximate surface area is 164 Å². The summed E-state index contributed by atoms with van der Waals surface area (Å²) in [6.07, 6.45) is 3.98. The predicted molar refractivity (Wildman–Crippen MR) is 110 cm³/mol. The lowest BCUT2D eigenvalue weighted by atomic mass is 10.1. The van der Waals surface area contributed by atoms with Crippen molar-refractivity contribution < 1.29 is 4.79 Å². The predicted octanol–water partition coefficient (Wildman–Crippen LogP) is 4.03. The summed E-state index contributed by atoms with van der Waals surface area (Å²) in [5.41, 5.74) is 2.43. The minimum absolute atomic E-state index is 0.319. The van der Waals surface area contributed by atoms with Crippen molar-refractivity contribution in [2.24, 2.45) is 0 Å². The maximum absolute atomic E-state index is 13.1. The van der Waals surface area contributed by atoms with Crippen molar-refractivity contribution in [3.63, 3.8) is 0 Å². The van der Waals surface area contributed by atoms with Crippen LogP contribution >= 0.6 is 11.8 Å². The number of amides is 1. The number of fused-ring (bicyclic) bond motifs is 4. The number of nitrogens with one attached hydrogen (secondary N) is 1. The van der Waals surface area contributed by atoms with Gasteiger partial charge in [-0.1, -0.05) is 36.0 Å². The number of benzene rings is 2. The molecule has 3 aliphatic rings. The summed E-state index contributed by atoms with van der Waals surface area (Å²) in [4.78, 5) is 20.2. The Balaban J connectivity index is 1.37. The van der Waals surface area contributed by atoms with Crippen LogP contribution < -0.4 is 10.2 Å². The van der Waals surface area contributed by atoms with Gasteiger partial charge in [-0.2, -0.15) is 0 Å². The molecule has 0 saturated carbocycles. The molecule has 1 N–H and O–H groups in total. The van der Waals surface area contributed by atoms with E-state index in [-0.39, 0.29) is 0 Å². The monoisotopic (exact) mass is 379 g/mol. The molecule has 2 unspecified atom stereocenters. The van der Waals surface area contributed by atoms with Gasteiger partial charge in [-0.15, -0.1) is 0 Å². The van der Waals surface area contributed by atoms with Gasteiger partial charge in [0, 0.05) is 41.4 Å². The van der Waals surface area contributed by atoms with E-state index in [1.54, 1.807) is 0 Å². The molecule has 27 heavy (non-hydrogen) atoms. The zero-order chi connectivity index (χ0) is 18.2. The fourth-order valence-corrected chi connectivity index (χ4v) is 5.84. The molecular formula is C22H25N3OS. The first-order valence-corrected chi connectivity index (χ1v) is 10.8. The molecule has 0 spiro atoms. The van der Waals surface area contributed by atoms with Crippen molar-refractivity contribution in [1.82, 2.24) is 10.2 Å². The summed E-state index contributed by atoms with van der Waals surface area (Å²) < 4.78 is 0. The third-order valence-corrected chi connectivity index (χ3v) is 7.15. The van der Waals surface area contributed by atoms with E-state index < -0.39 is 0 Å². The van der Waals surface area contributed by atoms with E-state index in [4.69, 9.17) is 0 Å². The minimum Gasteiger partial charge on any atom is -0.339 e. The molecule has 140 valence electrons. The molecule has 2 aromatic rings. The molecule has 2 saturated heterocycles. The Morgan fingerprint density at radius 3 is 2.37 bits per heavy atom. The SMILES string of the molecule is O=C(CCN1c2ccccc2Sc2ccccc21)N1C2CCNCC1CC2. The molecule has 3 aliphatic heterocycles. The van der Waals surface area contributed by atoms with Gasteiger partial charge in [-0.05, 0) is 50.1 Å². The van der Waals surface area contributed by atoms with E-state index in [1.807, 2.05) is 11.8 Å². The first-order valence-electron chi connectivity index (χ1n) is 9.96. The molecular weight excluding hydrogens is 354 g/mol. The van der Waals surface area contributed by atoms with Gasteiger partial charge < -0.3 is 15.1 Å². The Bertz CT molecular complexity index is 795. The molecule has 4 nitrogen and oxygen atoms in total. The number of carbonyl (C=O) groups is 1. The highest BCUT2D eigenvalue weighted by Crippen LogP contribution is 2.47. The number of carbonyl (C=O) groups excluding carboxylic acids is 1. The van der Waals surface area contributed by atoms with Gasteiger partial charge in [0.25, 0.3) is 0 Å². The summed E-state index contributed by atoms with van der Waals surface area (Å²) in [6, 6.07) is 17.9. The van der Waals surface area contributed by atoms with Crippen LogP contribution in [0.3, 0.4) is 0 Å². The third kappa shape index (κ3) is 3.13. The second kappa shape index (κ2) is 7.21. The van der Waals surface area contributed by atoms with Crippen LogP contribution in [0.5, 0.6) is 0 Å². The Morgan fingerprint density at radius 2 is 1.63 bits per heavy atom. The van der Waals surface area contributed by atoms with E-state index in [0.717, 1.165) is 32.5 Å². The molecule has 2 aromatic carbocycles. The maximum Gasteiger partial charge on any atom is 0.224 e. The Kier molecular flexibility index (Phi) is 4.58. The Hall–Kier alpha value is -1.98. The van der Waals surface area contributed by atoms with Crippen LogP contribution in [-0.4, -0.2) is 42.5 Å². The lowest BCUT2D eigenvalue weighted by molar-refractivity contribution is -0.133. The van der Waals surface area contributed by atoms with E-state index in [0.29, 0.717) is 24.4 Å². The molecule has 5 rings (SSSR count). The number of nitrogens with zero attached hydrogens (tertiary/aromatic N) is 2. The average molecular weight is 380 g/mol. The van der Waals surface area contributed by atoms with Crippen molar-refractivity contribution in [3.8, 4) is 0 Å². The smallest absolute Gasteiger partial charge is 0.224 e. The summed E-state index contributed by atoms with van der Waals surface area (Å²) >= 11 is 1.82.